The highest BCUT2D eigenvalue weighted by Gasteiger charge is 1.97. The number of anilines is 1. The summed E-state index contributed by atoms with van der Waals surface area (Å²) < 4.78 is 1.76. The molecular formula is C7H7N5. The Kier molecular flexibility index (Phi) is 1.48. The van der Waals surface area contributed by atoms with Gasteiger partial charge in [-0.3, -0.25) is 4.57 Å². The first-order valence-electron chi connectivity index (χ1n) is 3.44. The van der Waals surface area contributed by atoms with Crippen LogP contribution in [0.2, 0.25) is 0 Å². The van der Waals surface area contributed by atoms with Crippen molar-refractivity contribution in [2.45, 2.75) is 0 Å². The average Bonchev–Trinajstić information content (AvgIpc) is 2.56. The maximum atomic E-state index is 5.39. The first-order valence-corrected chi connectivity index (χ1v) is 3.44. The van der Waals surface area contributed by atoms with Crippen molar-refractivity contribution in [3.63, 3.8) is 0 Å². The van der Waals surface area contributed by atoms with Crippen LogP contribution in [0.3, 0.4) is 0 Å². The minimum absolute atomic E-state index is 0.230. The van der Waals surface area contributed by atoms with Crippen molar-refractivity contribution in [1.29, 1.82) is 0 Å². The topological polar surface area (TPSA) is 69.6 Å². The van der Waals surface area contributed by atoms with E-state index >= 15 is 0 Å². The number of nitrogens with two attached hydrogens (primary N) is 1. The molecule has 0 spiro atoms. The first-order chi connectivity index (χ1) is 5.86. The van der Waals surface area contributed by atoms with E-state index in [1.807, 2.05) is 24.5 Å². The first kappa shape index (κ1) is 6.78. The summed E-state index contributed by atoms with van der Waals surface area (Å²) in [5.41, 5.74) is 5.39. The molecule has 2 rings (SSSR count). The van der Waals surface area contributed by atoms with E-state index in [2.05, 4.69) is 15.0 Å². The van der Waals surface area contributed by atoms with Crippen LogP contribution in [0.5, 0.6) is 0 Å². The summed E-state index contributed by atoms with van der Waals surface area (Å²) >= 11 is 0. The molecule has 0 aliphatic rings. The van der Waals surface area contributed by atoms with Crippen LogP contribution in [0.25, 0.3) is 5.95 Å². The molecule has 2 aromatic rings. The van der Waals surface area contributed by atoms with Crippen molar-refractivity contribution in [3.05, 3.63) is 30.9 Å². The van der Waals surface area contributed by atoms with Gasteiger partial charge >= 0.3 is 0 Å². The second-order valence-electron chi connectivity index (χ2n) is 2.23. The van der Waals surface area contributed by atoms with Crippen molar-refractivity contribution in [2.24, 2.45) is 0 Å². The molecule has 0 unspecified atom stereocenters. The average molecular weight is 161 g/mol. The highest BCUT2D eigenvalue weighted by atomic mass is 15.2. The maximum absolute atomic E-state index is 5.39. The fraction of sp³-hybridized carbons (Fsp3) is 0. The van der Waals surface area contributed by atoms with Gasteiger partial charge < -0.3 is 5.73 Å². The van der Waals surface area contributed by atoms with Gasteiger partial charge in [-0.25, -0.2) is 9.97 Å². The third-order valence-electron chi connectivity index (χ3n) is 1.41. The van der Waals surface area contributed by atoms with Gasteiger partial charge in [0.05, 0.1) is 0 Å². The second-order valence-corrected chi connectivity index (χ2v) is 2.23. The smallest absolute Gasteiger partial charge is 0.238 e. The monoisotopic (exact) mass is 161 g/mol. The summed E-state index contributed by atoms with van der Waals surface area (Å²) in [4.78, 5) is 11.6. The molecule has 0 bridgehead atoms. The molecule has 5 heteroatoms. The summed E-state index contributed by atoms with van der Waals surface area (Å²) in [7, 11) is 0. The quantitative estimate of drug-likeness (QED) is 0.650. The number of hydrogen-bond acceptors (Lipinski definition) is 4. The lowest BCUT2D eigenvalue weighted by atomic mass is 10.7. The SMILES string of the molecule is Nc1ncnc(-n2cccc2)n1. The summed E-state index contributed by atoms with van der Waals surface area (Å²) in [5.74, 6) is 0.765. The number of aromatic nitrogens is 4. The molecule has 12 heavy (non-hydrogen) atoms. The minimum Gasteiger partial charge on any atom is -0.368 e. The minimum atomic E-state index is 0.230. The van der Waals surface area contributed by atoms with Crippen LogP contribution in [0.15, 0.2) is 30.9 Å². The van der Waals surface area contributed by atoms with E-state index in [4.69, 9.17) is 5.73 Å². The van der Waals surface area contributed by atoms with E-state index in [1.54, 1.807) is 4.57 Å². The maximum Gasteiger partial charge on any atom is 0.238 e. The van der Waals surface area contributed by atoms with E-state index in [0.29, 0.717) is 5.95 Å². The van der Waals surface area contributed by atoms with E-state index in [-0.39, 0.29) is 5.95 Å². The van der Waals surface area contributed by atoms with Crippen LogP contribution >= 0.6 is 0 Å². The summed E-state index contributed by atoms with van der Waals surface area (Å²) in [6, 6.07) is 3.78. The molecule has 0 aromatic carbocycles. The fourth-order valence-electron chi connectivity index (χ4n) is 0.892. The van der Waals surface area contributed by atoms with Gasteiger partial charge in [-0.15, -0.1) is 0 Å². The van der Waals surface area contributed by atoms with Crippen molar-refractivity contribution in [3.8, 4) is 5.95 Å². The molecule has 0 saturated carbocycles. The van der Waals surface area contributed by atoms with Crippen LogP contribution in [-0.2, 0) is 0 Å². The number of rotatable bonds is 1. The number of nitrogens with zero attached hydrogens (tertiary/aromatic N) is 4. The van der Waals surface area contributed by atoms with Crippen LogP contribution in [0.1, 0.15) is 0 Å². The predicted octanol–water partition coefficient (Wildman–Crippen LogP) is 0.244. The fourth-order valence-corrected chi connectivity index (χ4v) is 0.892. The van der Waals surface area contributed by atoms with Crippen molar-refractivity contribution >= 4 is 5.95 Å². The Morgan fingerprint density at radius 3 is 2.58 bits per heavy atom. The van der Waals surface area contributed by atoms with Crippen LogP contribution in [-0.4, -0.2) is 19.5 Å². The standard InChI is InChI=1S/C7H7N5/c8-6-9-5-10-7(11-6)12-3-1-2-4-12/h1-5H,(H2,8,9,10,11). The van der Waals surface area contributed by atoms with Gasteiger partial charge in [0.1, 0.15) is 6.33 Å². The molecule has 0 aliphatic carbocycles. The Morgan fingerprint density at radius 1 is 1.17 bits per heavy atom. The molecule has 2 N–H and O–H groups in total. The van der Waals surface area contributed by atoms with Crippen LogP contribution in [0.4, 0.5) is 5.95 Å². The molecule has 0 radical (unpaired) electrons. The summed E-state index contributed by atoms with van der Waals surface area (Å²) in [6.07, 6.45) is 5.07. The number of hydrogen-bond donors (Lipinski definition) is 1. The van der Waals surface area contributed by atoms with Crippen LogP contribution in [0, 0.1) is 0 Å². The zero-order valence-corrected chi connectivity index (χ0v) is 6.25. The molecular weight excluding hydrogens is 154 g/mol. The van der Waals surface area contributed by atoms with Crippen molar-refractivity contribution in [2.75, 3.05) is 5.73 Å². The Bertz CT molecular complexity index is 367. The summed E-state index contributed by atoms with van der Waals surface area (Å²) in [6.45, 7) is 0. The van der Waals surface area contributed by atoms with Gasteiger partial charge in [-0.2, -0.15) is 4.98 Å². The molecule has 0 saturated heterocycles. The summed E-state index contributed by atoms with van der Waals surface area (Å²) in [5, 5.41) is 0. The largest absolute Gasteiger partial charge is 0.368 e. The zero-order chi connectivity index (χ0) is 8.39. The van der Waals surface area contributed by atoms with Gasteiger partial charge in [0, 0.05) is 12.4 Å². The second kappa shape index (κ2) is 2.61. The van der Waals surface area contributed by atoms with Crippen molar-refractivity contribution < 1.29 is 0 Å². The highest BCUT2D eigenvalue weighted by molar-refractivity contribution is 5.21. The lowest BCUT2D eigenvalue weighted by Crippen LogP contribution is -2.02. The van der Waals surface area contributed by atoms with Crippen LogP contribution < -0.4 is 5.73 Å². The van der Waals surface area contributed by atoms with Gasteiger partial charge in [0.2, 0.25) is 11.9 Å². The molecule has 0 fully saturated rings. The predicted molar refractivity (Wildman–Crippen MR) is 43.6 cm³/mol. The van der Waals surface area contributed by atoms with Crippen molar-refractivity contribution in [1.82, 2.24) is 19.5 Å². The molecule has 60 valence electrons. The lowest BCUT2D eigenvalue weighted by molar-refractivity contribution is 0.909. The molecule has 2 heterocycles. The lowest BCUT2D eigenvalue weighted by Gasteiger charge is -1.98. The van der Waals surface area contributed by atoms with Gasteiger partial charge in [0.15, 0.2) is 0 Å². The zero-order valence-electron chi connectivity index (χ0n) is 6.25. The van der Waals surface area contributed by atoms with E-state index < -0.39 is 0 Å². The molecule has 5 nitrogen and oxygen atoms in total. The molecule has 0 amide bonds. The molecule has 0 atom stereocenters. The molecule has 0 aliphatic heterocycles. The van der Waals surface area contributed by atoms with Gasteiger partial charge in [0.25, 0.3) is 0 Å². The van der Waals surface area contributed by atoms with Gasteiger partial charge in [-0.05, 0) is 12.1 Å². The van der Waals surface area contributed by atoms with Gasteiger partial charge in [-0.1, -0.05) is 0 Å². The number of nitrogen functional groups attached to an aromatic ring is 1. The highest BCUT2D eigenvalue weighted by Crippen LogP contribution is 2.00. The van der Waals surface area contributed by atoms with E-state index in [1.165, 1.54) is 6.33 Å². The third kappa shape index (κ3) is 1.12. The Labute approximate surface area is 68.9 Å². The Morgan fingerprint density at radius 2 is 1.92 bits per heavy atom. The normalized spacial score (nSPS) is 10.0. The van der Waals surface area contributed by atoms with E-state index in [9.17, 15) is 0 Å². The molecule has 2 aromatic heterocycles. The Balaban J connectivity index is 2.48. The van der Waals surface area contributed by atoms with E-state index in [0.717, 1.165) is 0 Å². The Hall–Kier alpha value is -1.91. The third-order valence-corrected chi connectivity index (χ3v) is 1.41.